The smallest absolute Gasteiger partial charge is 0.306 e. The Kier molecular flexibility index (Phi) is 58.3. The molecule has 0 amide bonds. The van der Waals surface area contributed by atoms with E-state index in [0.29, 0.717) is 19.3 Å². The van der Waals surface area contributed by atoms with Crippen LogP contribution in [0.2, 0.25) is 0 Å². The Balaban J connectivity index is 4.45. The van der Waals surface area contributed by atoms with Gasteiger partial charge in [0.1, 0.15) is 13.2 Å². The van der Waals surface area contributed by atoms with Crippen molar-refractivity contribution in [3.8, 4) is 0 Å². The van der Waals surface area contributed by atoms with Gasteiger partial charge in [-0.2, -0.15) is 0 Å². The van der Waals surface area contributed by atoms with Crippen molar-refractivity contribution in [1.29, 1.82) is 0 Å². The van der Waals surface area contributed by atoms with E-state index in [1.807, 2.05) is 0 Å². The van der Waals surface area contributed by atoms with Gasteiger partial charge < -0.3 is 14.2 Å². The van der Waals surface area contributed by atoms with Gasteiger partial charge in [-0.15, -0.1) is 0 Å². The molecular formula is C67H116O6. The van der Waals surface area contributed by atoms with Crippen LogP contribution in [0.4, 0.5) is 0 Å². The molecule has 0 unspecified atom stereocenters. The van der Waals surface area contributed by atoms with Crippen LogP contribution in [-0.4, -0.2) is 37.2 Å². The van der Waals surface area contributed by atoms with Crippen molar-refractivity contribution < 1.29 is 28.6 Å². The Labute approximate surface area is 452 Å². The summed E-state index contributed by atoms with van der Waals surface area (Å²) in [5.74, 6) is -0.922. The molecule has 0 aromatic carbocycles. The number of allylic oxidation sites excluding steroid dienone is 14. The predicted molar refractivity (Wildman–Crippen MR) is 316 cm³/mol. The molecule has 0 aliphatic heterocycles. The second-order valence-electron chi connectivity index (χ2n) is 20.6. The lowest BCUT2D eigenvalue weighted by Gasteiger charge is -2.18. The fourth-order valence-electron chi connectivity index (χ4n) is 8.69. The van der Waals surface area contributed by atoms with Gasteiger partial charge in [0.05, 0.1) is 0 Å². The minimum atomic E-state index is -0.796. The molecule has 0 spiro atoms. The summed E-state index contributed by atoms with van der Waals surface area (Å²) >= 11 is 0. The Morgan fingerprint density at radius 3 is 0.863 bits per heavy atom. The van der Waals surface area contributed by atoms with Gasteiger partial charge in [0.2, 0.25) is 0 Å². The number of rotatable bonds is 56. The van der Waals surface area contributed by atoms with Crippen molar-refractivity contribution in [3.63, 3.8) is 0 Å². The Morgan fingerprint density at radius 2 is 0.534 bits per heavy atom. The number of unbranched alkanes of at least 4 members (excludes halogenated alkanes) is 31. The van der Waals surface area contributed by atoms with Crippen molar-refractivity contribution in [3.05, 3.63) is 85.1 Å². The van der Waals surface area contributed by atoms with E-state index in [1.54, 1.807) is 0 Å². The summed E-state index contributed by atoms with van der Waals surface area (Å²) in [6, 6.07) is 0. The van der Waals surface area contributed by atoms with Crippen LogP contribution in [0, 0.1) is 0 Å². The molecule has 0 N–H and O–H groups in total. The van der Waals surface area contributed by atoms with E-state index < -0.39 is 6.10 Å². The van der Waals surface area contributed by atoms with Crippen LogP contribution in [0.25, 0.3) is 0 Å². The van der Waals surface area contributed by atoms with Gasteiger partial charge in [-0.05, 0) is 116 Å². The summed E-state index contributed by atoms with van der Waals surface area (Å²) in [5.41, 5.74) is 0. The minimum absolute atomic E-state index is 0.0904. The Bertz CT molecular complexity index is 1400. The van der Waals surface area contributed by atoms with Gasteiger partial charge in [-0.1, -0.05) is 254 Å². The molecule has 0 aromatic heterocycles. The van der Waals surface area contributed by atoms with Crippen molar-refractivity contribution in [2.75, 3.05) is 13.2 Å². The maximum absolute atomic E-state index is 12.9. The first kappa shape index (κ1) is 69.6. The monoisotopic (exact) mass is 1020 g/mol. The molecule has 0 fully saturated rings. The standard InChI is InChI=1S/C67H116O6/c1-4-7-10-13-16-19-22-25-28-31-33-36-39-42-45-48-51-54-57-60-66(69)72-63-64(62-71-65(68)59-56-53-50-47-44-41-38-35-30-27-24-21-18-15-12-9-6-3)73-67(70)61-58-55-52-49-46-43-40-37-34-32-29-26-23-20-17-14-11-8-5-2/h7,10,16,19,25,27-28,30,32-34,36,42,45,64H,4-6,8-9,11-15,17-18,20-24,26,29,31,35,37-41,43-44,46-63H2,1-3H3/b10-7-,19-16-,28-25-,30-27-,34-32-,36-33-,45-42-/t64-/m1/s1. The van der Waals surface area contributed by atoms with E-state index >= 15 is 0 Å². The largest absolute Gasteiger partial charge is 0.462 e. The maximum atomic E-state index is 12.9. The quantitative estimate of drug-likeness (QED) is 0.0261. The fourth-order valence-corrected chi connectivity index (χ4v) is 8.69. The fraction of sp³-hybridized carbons (Fsp3) is 0.746. The molecule has 0 saturated heterocycles. The topological polar surface area (TPSA) is 78.9 Å². The molecule has 1 atom stereocenters. The average Bonchev–Trinajstić information content (AvgIpc) is 3.39. The zero-order valence-electron chi connectivity index (χ0n) is 48.1. The van der Waals surface area contributed by atoms with E-state index in [4.69, 9.17) is 14.2 Å². The second-order valence-corrected chi connectivity index (χ2v) is 20.6. The molecule has 420 valence electrons. The summed E-state index contributed by atoms with van der Waals surface area (Å²) < 4.78 is 16.9. The minimum Gasteiger partial charge on any atom is -0.462 e. The SMILES string of the molecule is CC/C=C\C/C=C\C/C=C\C/C=C\C/C=C\CCCCCC(=O)OC[C@@H](COC(=O)CCCCCCCCC/C=C\CCCCCCCC)OC(=O)CCCCCCCCC/C=C\CCCCCCCCCC. The van der Waals surface area contributed by atoms with Crippen LogP contribution in [0.3, 0.4) is 0 Å². The van der Waals surface area contributed by atoms with Crippen LogP contribution < -0.4 is 0 Å². The highest BCUT2D eigenvalue weighted by molar-refractivity contribution is 5.71. The lowest BCUT2D eigenvalue weighted by atomic mass is 10.1. The van der Waals surface area contributed by atoms with Crippen LogP contribution in [-0.2, 0) is 28.6 Å². The second kappa shape index (κ2) is 61.1. The third kappa shape index (κ3) is 59.3. The molecule has 0 radical (unpaired) electrons. The Hall–Kier alpha value is -3.41. The molecule has 6 nitrogen and oxygen atoms in total. The zero-order valence-corrected chi connectivity index (χ0v) is 48.1. The summed E-state index contributed by atoms with van der Waals surface area (Å²) in [5, 5.41) is 0. The highest BCUT2D eigenvalue weighted by atomic mass is 16.6. The van der Waals surface area contributed by atoms with Gasteiger partial charge in [0.15, 0.2) is 6.10 Å². The van der Waals surface area contributed by atoms with Crippen molar-refractivity contribution in [2.45, 2.75) is 309 Å². The molecule has 73 heavy (non-hydrogen) atoms. The number of hydrogen-bond acceptors (Lipinski definition) is 6. The van der Waals surface area contributed by atoms with Crippen molar-refractivity contribution in [1.82, 2.24) is 0 Å². The van der Waals surface area contributed by atoms with E-state index in [2.05, 4.69) is 106 Å². The van der Waals surface area contributed by atoms with Crippen molar-refractivity contribution in [2.24, 2.45) is 0 Å². The van der Waals surface area contributed by atoms with E-state index in [-0.39, 0.29) is 31.1 Å². The highest BCUT2D eigenvalue weighted by Gasteiger charge is 2.19. The lowest BCUT2D eigenvalue weighted by molar-refractivity contribution is -0.167. The predicted octanol–water partition coefficient (Wildman–Crippen LogP) is 21.1. The van der Waals surface area contributed by atoms with Gasteiger partial charge in [0.25, 0.3) is 0 Å². The van der Waals surface area contributed by atoms with E-state index in [0.717, 1.165) is 96.3 Å². The number of hydrogen-bond donors (Lipinski definition) is 0. The van der Waals surface area contributed by atoms with Crippen LogP contribution >= 0.6 is 0 Å². The molecule has 0 aliphatic carbocycles. The number of carbonyl (C=O) groups excluding carboxylic acids is 3. The van der Waals surface area contributed by atoms with Gasteiger partial charge in [0, 0.05) is 19.3 Å². The van der Waals surface area contributed by atoms with Crippen molar-refractivity contribution >= 4 is 17.9 Å². The van der Waals surface area contributed by atoms with E-state index in [9.17, 15) is 14.4 Å². The van der Waals surface area contributed by atoms with Crippen LogP contribution in [0.1, 0.15) is 303 Å². The molecule has 0 aromatic rings. The molecule has 6 heteroatoms. The normalized spacial score (nSPS) is 12.6. The first-order valence-corrected chi connectivity index (χ1v) is 31.1. The molecule has 0 aliphatic rings. The number of esters is 3. The molecule has 0 heterocycles. The zero-order chi connectivity index (χ0) is 52.9. The van der Waals surface area contributed by atoms with Gasteiger partial charge in [-0.25, -0.2) is 0 Å². The highest BCUT2D eigenvalue weighted by Crippen LogP contribution is 2.15. The van der Waals surface area contributed by atoms with E-state index in [1.165, 1.54) is 167 Å². The number of ether oxygens (including phenoxy) is 3. The van der Waals surface area contributed by atoms with Gasteiger partial charge >= 0.3 is 17.9 Å². The average molecular weight is 1020 g/mol. The summed E-state index contributed by atoms with van der Waals surface area (Å²) in [4.78, 5) is 38.3. The summed E-state index contributed by atoms with van der Waals surface area (Å²) in [6.07, 6.45) is 80.1. The molecule has 0 saturated carbocycles. The van der Waals surface area contributed by atoms with Crippen LogP contribution in [0.15, 0.2) is 85.1 Å². The first-order valence-electron chi connectivity index (χ1n) is 31.1. The molecule has 0 rings (SSSR count). The number of carbonyl (C=O) groups is 3. The maximum Gasteiger partial charge on any atom is 0.306 e. The summed E-state index contributed by atoms with van der Waals surface area (Å²) in [6.45, 7) is 6.51. The third-order valence-corrected chi connectivity index (χ3v) is 13.4. The Morgan fingerprint density at radius 1 is 0.288 bits per heavy atom. The lowest BCUT2D eigenvalue weighted by Crippen LogP contribution is -2.30. The molecule has 0 bridgehead atoms. The van der Waals surface area contributed by atoms with Crippen LogP contribution in [0.5, 0.6) is 0 Å². The third-order valence-electron chi connectivity index (χ3n) is 13.4. The summed E-state index contributed by atoms with van der Waals surface area (Å²) in [7, 11) is 0. The van der Waals surface area contributed by atoms with Gasteiger partial charge in [-0.3, -0.25) is 14.4 Å². The molecular weight excluding hydrogens is 901 g/mol. The first-order chi connectivity index (χ1) is 36.0.